The van der Waals surface area contributed by atoms with Crippen LogP contribution in [0, 0.1) is 0 Å². The maximum absolute atomic E-state index is 13.0. The van der Waals surface area contributed by atoms with Crippen molar-refractivity contribution in [3.63, 3.8) is 0 Å². The van der Waals surface area contributed by atoms with Crippen LogP contribution in [0.3, 0.4) is 0 Å². The molecule has 2 amide bonds. The number of hydrogen-bond acceptors (Lipinski definition) is 10. The van der Waals surface area contributed by atoms with Crippen molar-refractivity contribution in [1.82, 2.24) is 10.6 Å². The lowest BCUT2D eigenvalue weighted by molar-refractivity contribution is -0.368. The molecular formula is C54H112Cl4N6O8-2. The lowest BCUT2D eigenvalue weighted by Gasteiger charge is -2.26. The standard InChI is InChI=1S/C29H59N3O4.C25H51N3O4.4ClH/c1-3-5-20-26(33)27(35-24-18-14-10-6-8-12-16-21-30)28(29(34)32-23-4-2)36-25-19-15-11-7-9-13-17-22-31;1-3-5-16-22(29)23(31-20-14-10-6-8-12-17-26)24(25(30)28-19-4-2)32-21-15-11-7-9-13-18-27;;;;/h27-28H,3-25,30-31H2,1-2H3,(H,32,34);23-24H,3-21,26-27H2,1-2H3,(H,28,30);4*1H/p-2/t27-,28+;23-,24+;;;;/m00..../s1. The zero-order valence-corrected chi connectivity index (χ0v) is 49.4. The first-order valence-electron chi connectivity index (χ1n) is 28.3. The predicted octanol–water partition coefficient (Wildman–Crippen LogP) is -4.14. The summed E-state index contributed by atoms with van der Waals surface area (Å²) in [5, 5.41) is 5.83. The van der Waals surface area contributed by atoms with Crippen LogP contribution < -0.4 is 83.2 Å². The van der Waals surface area contributed by atoms with Crippen molar-refractivity contribution >= 4 is 23.4 Å². The van der Waals surface area contributed by atoms with E-state index in [2.05, 4.69) is 35.9 Å². The quantitative estimate of drug-likeness (QED) is 0.0322. The Labute approximate surface area is 465 Å². The van der Waals surface area contributed by atoms with Crippen LogP contribution in [0.2, 0.25) is 0 Å². The van der Waals surface area contributed by atoms with Gasteiger partial charge in [0.05, 0.1) is 13.1 Å². The number of unbranched alkanes of at least 4 members (excludes halogenated alkanes) is 22. The van der Waals surface area contributed by atoms with Gasteiger partial charge in [0.2, 0.25) is 0 Å². The van der Waals surface area contributed by atoms with Crippen molar-refractivity contribution < 1.29 is 99.2 Å². The van der Waals surface area contributed by atoms with Gasteiger partial charge in [-0.1, -0.05) is 130 Å². The summed E-state index contributed by atoms with van der Waals surface area (Å²) >= 11 is 0. The van der Waals surface area contributed by atoms with E-state index in [4.69, 9.17) is 30.4 Å². The van der Waals surface area contributed by atoms with Crippen LogP contribution >= 0.6 is 0 Å². The fourth-order valence-corrected chi connectivity index (χ4v) is 7.70. The Morgan fingerprint density at radius 2 is 0.611 bits per heavy atom. The summed E-state index contributed by atoms with van der Waals surface area (Å²) in [5.74, 6) is -0.496. The fourth-order valence-electron chi connectivity index (χ4n) is 7.70. The molecule has 0 rings (SSSR count). The Kier molecular flexibility index (Phi) is 75.9. The minimum Gasteiger partial charge on any atom is -1.00 e. The number of hydrogen-bond donors (Lipinski definition) is 6. The molecular weight excluding hydrogens is 1000 g/mol. The number of nitrogens with two attached hydrogens (primary N) is 2. The van der Waals surface area contributed by atoms with E-state index in [1.54, 1.807) is 0 Å². The van der Waals surface area contributed by atoms with Gasteiger partial charge in [-0.15, -0.1) is 0 Å². The molecule has 0 unspecified atom stereocenters. The second-order valence-corrected chi connectivity index (χ2v) is 18.7. The third-order valence-electron chi connectivity index (χ3n) is 12.0. The summed E-state index contributed by atoms with van der Waals surface area (Å²) in [6, 6.07) is 0. The zero-order valence-electron chi connectivity index (χ0n) is 46.4. The minimum absolute atomic E-state index is 0. The van der Waals surface area contributed by atoms with E-state index in [1.807, 2.05) is 13.8 Å². The molecule has 0 aliphatic heterocycles. The summed E-state index contributed by atoms with van der Waals surface area (Å²) in [6.45, 7) is 14.7. The molecule has 0 fully saturated rings. The molecule has 0 aliphatic carbocycles. The maximum Gasteiger partial charge on any atom is 0.252 e. The van der Waals surface area contributed by atoms with Gasteiger partial charge in [-0.3, -0.25) is 19.2 Å². The van der Waals surface area contributed by atoms with Crippen LogP contribution in [0.25, 0.3) is 0 Å². The van der Waals surface area contributed by atoms with Gasteiger partial charge < -0.3 is 102 Å². The van der Waals surface area contributed by atoms with E-state index < -0.39 is 24.4 Å². The topological polar surface area (TPSA) is 237 Å². The number of rotatable bonds is 52. The van der Waals surface area contributed by atoms with Gasteiger partial charge in [-0.25, -0.2) is 0 Å². The molecule has 12 N–H and O–H groups in total. The summed E-state index contributed by atoms with van der Waals surface area (Å²) in [7, 11) is 0. The van der Waals surface area contributed by atoms with Crippen molar-refractivity contribution in [3.8, 4) is 0 Å². The van der Waals surface area contributed by atoms with E-state index in [-0.39, 0.29) is 73.0 Å². The molecule has 0 saturated carbocycles. The number of ketones is 2. The Bertz CT molecular complexity index is 1060. The first kappa shape index (κ1) is 82.5. The Morgan fingerprint density at radius 3 is 0.861 bits per heavy atom. The third-order valence-corrected chi connectivity index (χ3v) is 12.0. The highest BCUT2D eigenvalue weighted by atomic mass is 35.5. The number of carbonyl (C=O) groups is 4. The number of ether oxygens (including phenoxy) is 4. The minimum atomic E-state index is -0.872. The monoisotopic (exact) mass is 1110 g/mol. The fraction of sp³-hybridized carbons (Fsp3) is 0.926. The average Bonchev–Trinajstić information content (AvgIpc) is 3.34. The van der Waals surface area contributed by atoms with Gasteiger partial charge in [0, 0.05) is 52.4 Å². The number of carbonyl (C=O) groups excluding carboxylic acids is 4. The van der Waals surface area contributed by atoms with Crippen molar-refractivity contribution in [1.29, 1.82) is 0 Å². The molecule has 14 nitrogen and oxygen atoms in total. The number of halogens is 4. The van der Waals surface area contributed by atoms with Gasteiger partial charge >= 0.3 is 0 Å². The normalized spacial score (nSPS) is 12.3. The zero-order chi connectivity index (χ0) is 50.6. The van der Waals surface area contributed by atoms with Gasteiger partial charge in [0.1, 0.15) is 0 Å². The average molecular weight is 1120 g/mol. The molecule has 0 spiro atoms. The van der Waals surface area contributed by atoms with Crippen LogP contribution in [0.4, 0.5) is 0 Å². The molecule has 0 aromatic carbocycles. The van der Waals surface area contributed by atoms with Crippen LogP contribution in [-0.2, 0) is 38.1 Å². The Morgan fingerprint density at radius 1 is 0.361 bits per heavy atom. The molecule has 18 heteroatoms. The summed E-state index contributed by atoms with van der Waals surface area (Å²) in [4.78, 5) is 51.8. The second-order valence-electron chi connectivity index (χ2n) is 18.7. The number of nitrogens with one attached hydrogen (secondary N) is 2. The highest BCUT2D eigenvalue weighted by molar-refractivity contribution is 5.93. The number of Topliss-reactive ketones (excluding diaryl/α,β-unsaturated/α-hetero) is 2. The van der Waals surface area contributed by atoms with Crippen LogP contribution in [0.1, 0.15) is 233 Å². The van der Waals surface area contributed by atoms with E-state index in [0.717, 1.165) is 161 Å². The molecule has 0 bridgehead atoms. The Hall–Kier alpha value is -0.880. The van der Waals surface area contributed by atoms with Crippen molar-refractivity contribution in [2.24, 2.45) is 11.5 Å². The van der Waals surface area contributed by atoms with Crippen molar-refractivity contribution in [3.05, 3.63) is 0 Å². The summed E-state index contributed by atoms with van der Waals surface area (Å²) in [6.07, 6.45) is 29.2. The van der Waals surface area contributed by atoms with Gasteiger partial charge in [0.25, 0.3) is 11.8 Å². The van der Waals surface area contributed by atoms with Crippen LogP contribution in [0.5, 0.6) is 0 Å². The molecule has 0 aliphatic rings. The smallest absolute Gasteiger partial charge is 0.252 e. The SMILES string of the molecule is CCCCC(=O)[C@H](OCCCCCCCCCN)[C@@H](OCCCCCCCCC[NH3+])C(=O)NCCC.CCCCC(=O)[C@H](OCCCCCCCN)[C@@H](OCCCCCCC[NH3+])C(=O)NCCC.[Cl-].[Cl-].[Cl-].[Cl-]. The molecule has 72 heavy (non-hydrogen) atoms. The van der Waals surface area contributed by atoms with Crippen LogP contribution in [0.15, 0.2) is 0 Å². The molecule has 4 atom stereocenters. The highest BCUT2D eigenvalue weighted by Gasteiger charge is 2.36. The number of quaternary nitrogens is 2. The predicted molar refractivity (Wildman–Crippen MR) is 279 cm³/mol. The first-order chi connectivity index (χ1) is 33.2. The molecule has 0 radical (unpaired) electrons. The molecule has 0 aromatic rings. The highest BCUT2D eigenvalue weighted by Crippen LogP contribution is 2.17. The lowest BCUT2D eigenvalue weighted by atomic mass is 10.0. The first-order valence-corrected chi connectivity index (χ1v) is 28.3. The van der Waals surface area contributed by atoms with Crippen molar-refractivity contribution in [2.75, 3.05) is 65.7 Å². The van der Waals surface area contributed by atoms with Gasteiger partial charge in [0.15, 0.2) is 36.0 Å². The Balaban J connectivity index is -0.000000288. The van der Waals surface area contributed by atoms with Gasteiger partial charge in [-0.2, -0.15) is 0 Å². The van der Waals surface area contributed by atoms with E-state index in [0.29, 0.717) is 52.4 Å². The maximum atomic E-state index is 13.0. The lowest BCUT2D eigenvalue weighted by Crippen LogP contribution is -3.00. The number of amides is 2. The summed E-state index contributed by atoms with van der Waals surface area (Å²) < 4.78 is 24.2. The van der Waals surface area contributed by atoms with Crippen LogP contribution in [-0.4, -0.2) is 113 Å². The summed E-state index contributed by atoms with van der Waals surface area (Å²) in [5.41, 5.74) is 18.9. The third kappa shape index (κ3) is 51.2. The van der Waals surface area contributed by atoms with Gasteiger partial charge in [-0.05, 0) is 103 Å². The molecule has 0 aromatic heterocycles. The molecule has 436 valence electrons. The van der Waals surface area contributed by atoms with Crippen molar-refractivity contribution in [2.45, 2.75) is 258 Å². The van der Waals surface area contributed by atoms with E-state index >= 15 is 0 Å². The largest absolute Gasteiger partial charge is 1.00 e. The van der Waals surface area contributed by atoms with E-state index in [9.17, 15) is 19.2 Å². The molecule has 0 saturated heterocycles. The molecule has 0 heterocycles. The van der Waals surface area contributed by atoms with E-state index in [1.165, 1.54) is 57.8 Å². The second kappa shape index (κ2) is 66.2.